The molecule has 3 N–H and O–H groups in total. The van der Waals surface area contributed by atoms with E-state index in [0.29, 0.717) is 37.3 Å². The summed E-state index contributed by atoms with van der Waals surface area (Å²) in [6.07, 6.45) is 1.03. The maximum Gasteiger partial charge on any atom is 0.323 e. The number of anilines is 2. The number of carboxylic acids is 1. The Labute approximate surface area is 210 Å². The molecule has 1 saturated heterocycles. The van der Waals surface area contributed by atoms with Gasteiger partial charge in [-0.05, 0) is 36.5 Å². The molecule has 0 radical (unpaired) electrons. The van der Waals surface area contributed by atoms with Crippen LogP contribution >= 0.6 is 0 Å². The van der Waals surface area contributed by atoms with E-state index in [4.69, 9.17) is 0 Å². The van der Waals surface area contributed by atoms with Gasteiger partial charge < -0.3 is 20.6 Å². The second-order valence-corrected chi connectivity index (χ2v) is 9.69. The molecule has 0 aliphatic carbocycles. The van der Waals surface area contributed by atoms with Crippen LogP contribution in [0, 0.1) is 11.8 Å². The first kappa shape index (κ1) is 25.2. The standard InChI is InChI=1S/C27H32N4O5/c1-17(2)23-24(32)28-20-10-6-7-11-22(20)31(23)27(36)29-21(16-18-8-4-3-5-9-18)25(33)30-14-12-19(13-15-30)26(34)35/h3-11,17,19,21,23H,12-16H2,1-2H3,(H,28,32)(H,29,36)(H,34,35)/t21-,23-/m0/s1. The van der Waals surface area contributed by atoms with Crippen molar-refractivity contribution < 1.29 is 24.3 Å². The van der Waals surface area contributed by atoms with Crippen LogP contribution in [0.4, 0.5) is 16.2 Å². The number of hydrogen-bond acceptors (Lipinski definition) is 4. The fourth-order valence-corrected chi connectivity index (χ4v) is 4.94. The van der Waals surface area contributed by atoms with Crippen LogP contribution < -0.4 is 15.5 Å². The molecule has 9 nitrogen and oxygen atoms in total. The summed E-state index contributed by atoms with van der Waals surface area (Å²) in [5, 5.41) is 15.1. The number of fused-ring (bicyclic) bond motifs is 1. The zero-order valence-corrected chi connectivity index (χ0v) is 20.5. The molecule has 2 aromatic rings. The monoisotopic (exact) mass is 492 g/mol. The SMILES string of the molecule is CC(C)[C@H]1C(=O)Nc2ccccc2N1C(=O)N[C@@H](Cc1ccccc1)C(=O)N1CCC(C(=O)O)CC1. The van der Waals surface area contributed by atoms with Crippen LogP contribution in [0.2, 0.25) is 0 Å². The lowest BCUT2D eigenvalue weighted by molar-refractivity contribution is -0.146. The minimum Gasteiger partial charge on any atom is -0.481 e. The van der Waals surface area contributed by atoms with Gasteiger partial charge in [0.05, 0.1) is 17.3 Å². The second-order valence-electron chi connectivity index (χ2n) is 9.69. The number of aliphatic carboxylic acids is 1. The molecular weight excluding hydrogens is 460 g/mol. The van der Waals surface area contributed by atoms with E-state index in [-0.39, 0.29) is 24.2 Å². The highest BCUT2D eigenvalue weighted by molar-refractivity contribution is 6.12. The van der Waals surface area contributed by atoms with Crippen molar-refractivity contribution in [1.29, 1.82) is 0 Å². The first-order valence-corrected chi connectivity index (χ1v) is 12.3. The van der Waals surface area contributed by atoms with Gasteiger partial charge in [0, 0.05) is 19.5 Å². The number of benzene rings is 2. The molecule has 4 amide bonds. The number of urea groups is 1. The average molecular weight is 493 g/mol. The highest BCUT2D eigenvalue weighted by atomic mass is 16.4. The van der Waals surface area contributed by atoms with E-state index in [0.717, 1.165) is 5.56 Å². The van der Waals surface area contributed by atoms with Crippen LogP contribution in [-0.2, 0) is 20.8 Å². The number of carbonyl (C=O) groups is 4. The van der Waals surface area contributed by atoms with Gasteiger partial charge in [-0.1, -0.05) is 56.3 Å². The normalized spacial score (nSPS) is 18.9. The Kier molecular flexibility index (Phi) is 7.57. The summed E-state index contributed by atoms with van der Waals surface area (Å²) < 4.78 is 0. The fourth-order valence-electron chi connectivity index (χ4n) is 4.94. The molecule has 9 heteroatoms. The molecule has 2 aliphatic heterocycles. The molecule has 2 aromatic carbocycles. The molecule has 2 aliphatic rings. The lowest BCUT2D eigenvalue weighted by atomic mass is 9.95. The summed E-state index contributed by atoms with van der Waals surface area (Å²) in [6, 6.07) is 14.4. The minimum atomic E-state index is -0.869. The maximum absolute atomic E-state index is 13.7. The third kappa shape index (κ3) is 5.35. The van der Waals surface area contributed by atoms with Crippen molar-refractivity contribution >= 4 is 35.2 Å². The first-order valence-electron chi connectivity index (χ1n) is 12.3. The van der Waals surface area contributed by atoms with Crippen LogP contribution in [0.5, 0.6) is 0 Å². The van der Waals surface area contributed by atoms with E-state index in [9.17, 15) is 24.3 Å². The molecule has 0 saturated carbocycles. The van der Waals surface area contributed by atoms with Gasteiger partial charge in [0.1, 0.15) is 12.1 Å². The highest BCUT2D eigenvalue weighted by Crippen LogP contribution is 2.34. The molecule has 2 heterocycles. The molecule has 0 spiro atoms. The van der Waals surface area contributed by atoms with Crippen molar-refractivity contribution in [2.75, 3.05) is 23.3 Å². The quantitative estimate of drug-likeness (QED) is 0.573. The topological polar surface area (TPSA) is 119 Å². The van der Waals surface area contributed by atoms with E-state index in [1.54, 1.807) is 29.2 Å². The Morgan fingerprint density at radius 2 is 1.67 bits per heavy atom. The lowest BCUT2D eigenvalue weighted by Crippen LogP contribution is -2.60. The lowest BCUT2D eigenvalue weighted by Gasteiger charge is -2.39. The summed E-state index contributed by atoms with van der Waals surface area (Å²) in [5.41, 5.74) is 1.99. The predicted molar refractivity (Wildman–Crippen MR) is 136 cm³/mol. The van der Waals surface area contributed by atoms with Crippen molar-refractivity contribution in [3.63, 3.8) is 0 Å². The molecule has 0 aromatic heterocycles. The number of piperidine rings is 1. The zero-order chi connectivity index (χ0) is 25.8. The van der Waals surface area contributed by atoms with Gasteiger partial charge in [0.15, 0.2) is 0 Å². The number of hydrogen-bond donors (Lipinski definition) is 3. The number of carbonyl (C=O) groups excluding carboxylic acids is 3. The third-order valence-electron chi connectivity index (χ3n) is 6.85. The van der Waals surface area contributed by atoms with Gasteiger partial charge in [-0.25, -0.2) is 4.79 Å². The molecule has 1 fully saturated rings. The number of para-hydroxylation sites is 2. The first-order chi connectivity index (χ1) is 17.3. The van der Waals surface area contributed by atoms with Crippen LogP contribution in [0.3, 0.4) is 0 Å². The van der Waals surface area contributed by atoms with E-state index < -0.39 is 30.0 Å². The Hall–Kier alpha value is -3.88. The Balaban J connectivity index is 1.60. The molecule has 2 atom stereocenters. The van der Waals surface area contributed by atoms with Gasteiger partial charge in [0.2, 0.25) is 11.8 Å². The summed E-state index contributed by atoms with van der Waals surface area (Å²) in [7, 11) is 0. The number of amides is 4. The van der Waals surface area contributed by atoms with Gasteiger partial charge in [-0.2, -0.15) is 0 Å². The molecule has 4 rings (SSSR count). The zero-order valence-electron chi connectivity index (χ0n) is 20.5. The minimum absolute atomic E-state index is 0.164. The Bertz CT molecular complexity index is 1130. The molecule has 0 unspecified atom stereocenters. The van der Waals surface area contributed by atoms with Gasteiger partial charge in [0.25, 0.3) is 0 Å². The number of nitrogens with zero attached hydrogens (tertiary/aromatic N) is 2. The van der Waals surface area contributed by atoms with Crippen LogP contribution in [0.15, 0.2) is 54.6 Å². The van der Waals surface area contributed by atoms with Crippen molar-refractivity contribution in [2.24, 2.45) is 11.8 Å². The van der Waals surface area contributed by atoms with Gasteiger partial charge in [-0.15, -0.1) is 0 Å². The smallest absolute Gasteiger partial charge is 0.323 e. The third-order valence-corrected chi connectivity index (χ3v) is 6.85. The fraction of sp³-hybridized carbons (Fsp3) is 0.407. The van der Waals surface area contributed by atoms with Crippen molar-refractivity contribution in [3.8, 4) is 0 Å². The number of nitrogens with one attached hydrogen (secondary N) is 2. The summed E-state index contributed by atoms with van der Waals surface area (Å²) >= 11 is 0. The Morgan fingerprint density at radius 3 is 2.31 bits per heavy atom. The van der Waals surface area contributed by atoms with Gasteiger partial charge in [-0.3, -0.25) is 19.3 Å². The van der Waals surface area contributed by atoms with E-state index in [1.165, 1.54) is 4.90 Å². The van der Waals surface area contributed by atoms with E-state index in [2.05, 4.69) is 10.6 Å². The number of likely N-dealkylation sites (tertiary alicyclic amines) is 1. The summed E-state index contributed by atoms with van der Waals surface area (Å²) in [6.45, 7) is 4.39. The van der Waals surface area contributed by atoms with Crippen LogP contribution in [0.1, 0.15) is 32.3 Å². The average Bonchev–Trinajstić information content (AvgIpc) is 2.87. The van der Waals surface area contributed by atoms with Crippen molar-refractivity contribution in [2.45, 2.75) is 45.2 Å². The largest absolute Gasteiger partial charge is 0.481 e. The Morgan fingerprint density at radius 1 is 1.03 bits per heavy atom. The van der Waals surface area contributed by atoms with E-state index in [1.807, 2.05) is 44.2 Å². The van der Waals surface area contributed by atoms with Crippen LogP contribution in [0.25, 0.3) is 0 Å². The molecule has 0 bridgehead atoms. The van der Waals surface area contributed by atoms with Gasteiger partial charge >= 0.3 is 12.0 Å². The molecule has 190 valence electrons. The van der Waals surface area contributed by atoms with E-state index >= 15 is 0 Å². The number of carboxylic acid groups (broad SMARTS) is 1. The summed E-state index contributed by atoms with van der Waals surface area (Å²) in [5.74, 6) is -2.01. The molecular formula is C27H32N4O5. The maximum atomic E-state index is 13.7. The predicted octanol–water partition coefficient (Wildman–Crippen LogP) is 3.11. The molecule has 36 heavy (non-hydrogen) atoms. The van der Waals surface area contributed by atoms with Crippen LogP contribution in [-0.4, -0.2) is 59.0 Å². The number of rotatable bonds is 6. The van der Waals surface area contributed by atoms with Crippen molar-refractivity contribution in [1.82, 2.24) is 10.2 Å². The highest BCUT2D eigenvalue weighted by Gasteiger charge is 2.40. The summed E-state index contributed by atoms with van der Waals surface area (Å²) in [4.78, 5) is 54.6. The second kappa shape index (κ2) is 10.8. The van der Waals surface area contributed by atoms with Crippen molar-refractivity contribution in [3.05, 3.63) is 60.2 Å².